The number of hydrogen-bond donors (Lipinski definition) is 1. The fourth-order valence-corrected chi connectivity index (χ4v) is 2.90. The molecule has 1 N–H and O–H groups in total. The Morgan fingerprint density at radius 2 is 2.00 bits per heavy atom. The molecule has 3 atom stereocenters. The average Bonchev–Trinajstić information content (AvgIpc) is 2.64. The van der Waals surface area contributed by atoms with Gasteiger partial charge in [-0.2, -0.15) is 5.26 Å². The van der Waals surface area contributed by atoms with Crippen LogP contribution >= 0.6 is 0 Å². The van der Waals surface area contributed by atoms with Crippen molar-refractivity contribution in [1.29, 1.82) is 5.26 Å². The van der Waals surface area contributed by atoms with Crippen molar-refractivity contribution in [2.75, 3.05) is 0 Å². The molecule has 0 aliphatic heterocycles. The largest absolute Gasteiger partial charge is 0.306 e. The van der Waals surface area contributed by atoms with Gasteiger partial charge in [0, 0.05) is 17.6 Å². The van der Waals surface area contributed by atoms with Crippen LogP contribution in [-0.4, -0.2) is 6.04 Å². The standard InChI is InChI=1S/C16H21FN2/c1-12(14-8-5-6-9-15(14)17)19-16-10-4-2-3-7-13(16)11-18/h5-6,8-9,12-13,16,19H,2-4,7,10H2,1H3. The molecule has 1 aliphatic carbocycles. The van der Waals surface area contributed by atoms with E-state index in [-0.39, 0.29) is 23.8 Å². The molecule has 0 saturated heterocycles. The molecular formula is C16H21FN2. The Labute approximate surface area is 114 Å². The first-order valence-electron chi connectivity index (χ1n) is 7.12. The summed E-state index contributed by atoms with van der Waals surface area (Å²) >= 11 is 0. The highest BCUT2D eigenvalue weighted by atomic mass is 19.1. The van der Waals surface area contributed by atoms with Gasteiger partial charge in [-0.15, -0.1) is 0 Å². The second-order valence-electron chi connectivity index (χ2n) is 5.39. The lowest BCUT2D eigenvalue weighted by atomic mass is 9.94. The van der Waals surface area contributed by atoms with Crippen LogP contribution in [0.1, 0.15) is 50.6 Å². The van der Waals surface area contributed by atoms with Gasteiger partial charge in [-0.1, -0.05) is 37.5 Å². The molecule has 0 bridgehead atoms. The van der Waals surface area contributed by atoms with Gasteiger partial charge in [-0.25, -0.2) is 4.39 Å². The van der Waals surface area contributed by atoms with E-state index in [0.29, 0.717) is 5.56 Å². The lowest BCUT2D eigenvalue weighted by Crippen LogP contribution is -2.37. The van der Waals surface area contributed by atoms with Gasteiger partial charge in [0.25, 0.3) is 0 Å². The molecule has 0 spiro atoms. The predicted octanol–water partition coefficient (Wildman–Crippen LogP) is 3.95. The van der Waals surface area contributed by atoms with Crippen molar-refractivity contribution >= 4 is 0 Å². The second kappa shape index (κ2) is 6.68. The molecule has 102 valence electrons. The van der Waals surface area contributed by atoms with Crippen molar-refractivity contribution < 1.29 is 4.39 Å². The van der Waals surface area contributed by atoms with Gasteiger partial charge in [0.2, 0.25) is 0 Å². The third kappa shape index (κ3) is 3.54. The van der Waals surface area contributed by atoms with Gasteiger partial charge < -0.3 is 5.32 Å². The van der Waals surface area contributed by atoms with E-state index in [0.717, 1.165) is 25.7 Å². The SMILES string of the molecule is CC(NC1CCCCCC1C#N)c1ccccc1F. The summed E-state index contributed by atoms with van der Waals surface area (Å²) in [7, 11) is 0. The number of halogens is 1. The third-order valence-corrected chi connectivity index (χ3v) is 4.02. The molecular weight excluding hydrogens is 239 g/mol. The minimum absolute atomic E-state index is 0.0525. The Bertz CT molecular complexity index is 452. The Balaban J connectivity index is 2.06. The van der Waals surface area contributed by atoms with Gasteiger partial charge in [0.1, 0.15) is 5.82 Å². The van der Waals surface area contributed by atoms with Crippen LogP contribution < -0.4 is 5.32 Å². The van der Waals surface area contributed by atoms with Crippen molar-refractivity contribution in [3.8, 4) is 6.07 Å². The van der Waals surface area contributed by atoms with Crippen molar-refractivity contribution in [3.05, 3.63) is 35.6 Å². The lowest BCUT2D eigenvalue weighted by molar-refractivity contribution is 0.357. The van der Waals surface area contributed by atoms with Crippen LogP contribution in [0.2, 0.25) is 0 Å². The smallest absolute Gasteiger partial charge is 0.127 e. The Kier molecular flexibility index (Phi) is 4.93. The quantitative estimate of drug-likeness (QED) is 0.835. The summed E-state index contributed by atoms with van der Waals surface area (Å²) in [5, 5.41) is 12.7. The van der Waals surface area contributed by atoms with Crippen LogP contribution in [0, 0.1) is 23.1 Å². The minimum Gasteiger partial charge on any atom is -0.306 e. The van der Waals surface area contributed by atoms with Gasteiger partial charge in [0.05, 0.1) is 12.0 Å². The molecule has 1 aromatic rings. The molecule has 2 nitrogen and oxygen atoms in total. The van der Waals surface area contributed by atoms with Crippen molar-refractivity contribution in [2.24, 2.45) is 5.92 Å². The van der Waals surface area contributed by atoms with E-state index in [1.807, 2.05) is 19.1 Å². The highest BCUT2D eigenvalue weighted by molar-refractivity contribution is 5.20. The Morgan fingerprint density at radius 1 is 1.26 bits per heavy atom. The fraction of sp³-hybridized carbons (Fsp3) is 0.562. The molecule has 0 amide bonds. The molecule has 3 unspecified atom stereocenters. The zero-order valence-corrected chi connectivity index (χ0v) is 11.4. The molecule has 0 heterocycles. The van der Waals surface area contributed by atoms with Gasteiger partial charge >= 0.3 is 0 Å². The minimum atomic E-state index is -0.176. The predicted molar refractivity (Wildman–Crippen MR) is 73.9 cm³/mol. The van der Waals surface area contributed by atoms with E-state index in [1.165, 1.54) is 12.5 Å². The number of rotatable bonds is 3. The first-order chi connectivity index (χ1) is 9.22. The number of benzene rings is 1. The van der Waals surface area contributed by atoms with Crippen molar-refractivity contribution in [3.63, 3.8) is 0 Å². The van der Waals surface area contributed by atoms with E-state index < -0.39 is 0 Å². The van der Waals surface area contributed by atoms with Gasteiger partial charge in [-0.3, -0.25) is 0 Å². The summed E-state index contributed by atoms with van der Waals surface area (Å²) in [6, 6.07) is 9.39. The lowest BCUT2D eigenvalue weighted by Gasteiger charge is -2.25. The Morgan fingerprint density at radius 3 is 2.74 bits per heavy atom. The number of hydrogen-bond acceptors (Lipinski definition) is 2. The number of nitrogens with zero attached hydrogens (tertiary/aromatic N) is 1. The summed E-state index contributed by atoms with van der Waals surface area (Å²) in [6.07, 6.45) is 5.45. The van der Waals surface area contributed by atoms with E-state index in [1.54, 1.807) is 6.07 Å². The van der Waals surface area contributed by atoms with Crippen LogP contribution in [0.4, 0.5) is 4.39 Å². The van der Waals surface area contributed by atoms with E-state index in [4.69, 9.17) is 0 Å². The van der Waals surface area contributed by atoms with Crippen molar-refractivity contribution in [1.82, 2.24) is 5.32 Å². The van der Waals surface area contributed by atoms with E-state index >= 15 is 0 Å². The summed E-state index contributed by atoms with van der Waals surface area (Å²) in [6.45, 7) is 1.97. The number of nitrogens with one attached hydrogen (secondary N) is 1. The molecule has 0 aromatic heterocycles. The molecule has 1 saturated carbocycles. The number of nitriles is 1. The van der Waals surface area contributed by atoms with Crippen LogP contribution in [-0.2, 0) is 0 Å². The second-order valence-corrected chi connectivity index (χ2v) is 5.39. The van der Waals surface area contributed by atoms with Crippen LogP contribution in [0.3, 0.4) is 0 Å². The molecule has 3 heteroatoms. The van der Waals surface area contributed by atoms with Crippen LogP contribution in [0.25, 0.3) is 0 Å². The maximum atomic E-state index is 13.7. The topological polar surface area (TPSA) is 35.8 Å². The fourth-order valence-electron chi connectivity index (χ4n) is 2.90. The van der Waals surface area contributed by atoms with E-state index in [9.17, 15) is 9.65 Å². The maximum Gasteiger partial charge on any atom is 0.127 e. The van der Waals surface area contributed by atoms with E-state index in [2.05, 4.69) is 11.4 Å². The highest BCUT2D eigenvalue weighted by Gasteiger charge is 2.25. The molecule has 0 radical (unpaired) electrons. The third-order valence-electron chi connectivity index (χ3n) is 4.02. The zero-order chi connectivity index (χ0) is 13.7. The molecule has 1 fully saturated rings. The molecule has 19 heavy (non-hydrogen) atoms. The summed E-state index contributed by atoms with van der Waals surface area (Å²) in [5.41, 5.74) is 0.684. The van der Waals surface area contributed by atoms with Crippen LogP contribution in [0.15, 0.2) is 24.3 Å². The normalized spacial score (nSPS) is 25.3. The van der Waals surface area contributed by atoms with Crippen molar-refractivity contribution in [2.45, 2.75) is 51.1 Å². The monoisotopic (exact) mass is 260 g/mol. The zero-order valence-electron chi connectivity index (χ0n) is 11.4. The molecule has 2 rings (SSSR count). The van der Waals surface area contributed by atoms with Gasteiger partial charge in [0.15, 0.2) is 0 Å². The maximum absolute atomic E-state index is 13.7. The van der Waals surface area contributed by atoms with Crippen LogP contribution in [0.5, 0.6) is 0 Å². The van der Waals surface area contributed by atoms with Gasteiger partial charge in [-0.05, 0) is 25.8 Å². The Hall–Kier alpha value is -1.40. The summed E-state index contributed by atoms with van der Waals surface area (Å²) < 4.78 is 13.7. The first kappa shape index (κ1) is 14.0. The molecule has 1 aliphatic rings. The first-order valence-corrected chi connectivity index (χ1v) is 7.12. The summed E-state index contributed by atoms with van der Waals surface area (Å²) in [4.78, 5) is 0. The molecule has 1 aromatic carbocycles. The highest BCUT2D eigenvalue weighted by Crippen LogP contribution is 2.26. The average molecular weight is 260 g/mol. The summed E-state index contributed by atoms with van der Waals surface area (Å²) in [5.74, 6) is -0.124.